The van der Waals surface area contributed by atoms with Gasteiger partial charge in [-0.2, -0.15) is 0 Å². The first-order chi connectivity index (χ1) is 20.7. The molecule has 0 unspecified atom stereocenters. The van der Waals surface area contributed by atoms with Crippen molar-refractivity contribution in [2.75, 3.05) is 33.2 Å². The van der Waals surface area contributed by atoms with Crippen molar-refractivity contribution in [3.05, 3.63) is 122 Å². The summed E-state index contributed by atoms with van der Waals surface area (Å²) in [5, 5.41) is 18.7. The summed E-state index contributed by atoms with van der Waals surface area (Å²) < 4.78 is 16.1. The standard InChI is InChI=1S/C32H31Cl2N3O6/c1-41-27-11-7-21(8-12-27)30(32(38)35-15-14-20-4-13-28(42-2)29(16-20)43-3)31(22-5-9-26(10-6-22)37(39)40)36-25-18-23(33)17-24(34)19-25/h4-13,16-19,30-31,36H,14-15H2,1-3H3,(H,35,38)/t30-,31-/m1/s1. The Morgan fingerprint density at radius 2 is 1.44 bits per heavy atom. The second-order valence-electron chi connectivity index (χ2n) is 9.61. The Bertz CT molecular complexity index is 1540. The van der Waals surface area contributed by atoms with Gasteiger partial charge in [0.1, 0.15) is 5.75 Å². The molecule has 0 spiro atoms. The number of benzene rings is 4. The van der Waals surface area contributed by atoms with E-state index >= 15 is 0 Å². The third kappa shape index (κ3) is 8.09. The van der Waals surface area contributed by atoms with Crippen LogP contribution in [0.25, 0.3) is 0 Å². The van der Waals surface area contributed by atoms with E-state index in [0.717, 1.165) is 5.56 Å². The van der Waals surface area contributed by atoms with Crippen LogP contribution in [0.5, 0.6) is 17.2 Å². The molecule has 4 aromatic rings. The maximum Gasteiger partial charge on any atom is 0.269 e. The maximum atomic E-state index is 14.0. The lowest BCUT2D eigenvalue weighted by molar-refractivity contribution is -0.384. The fraction of sp³-hybridized carbons (Fsp3) is 0.219. The molecular formula is C32H31Cl2N3O6. The smallest absolute Gasteiger partial charge is 0.269 e. The van der Waals surface area contributed by atoms with Gasteiger partial charge in [0, 0.05) is 34.4 Å². The molecule has 2 N–H and O–H groups in total. The summed E-state index contributed by atoms with van der Waals surface area (Å²) >= 11 is 12.6. The first-order valence-electron chi connectivity index (χ1n) is 13.3. The number of carbonyl (C=O) groups is 1. The number of non-ortho nitro benzene ring substituents is 1. The summed E-state index contributed by atoms with van der Waals surface area (Å²) in [6.07, 6.45) is 0.543. The molecule has 9 nitrogen and oxygen atoms in total. The maximum absolute atomic E-state index is 14.0. The predicted octanol–water partition coefficient (Wildman–Crippen LogP) is 7.22. The highest BCUT2D eigenvalue weighted by Gasteiger charge is 2.32. The first kappa shape index (κ1) is 31.5. The van der Waals surface area contributed by atoms with Crippen LogP contribution in [-0.4, -0.2) is 38.7 Å². The number of nitrogens with one attached hydrogen (secondary N) is 2. The number of nitro groups is 1. The van der Waals surface area contributed by atoms with E-state index in [-0.39, 0.29) is 11.6 Å². The largest absolute Gasteiger partial charge is 0.497 e. The number of hydrogen-bond acceptors (Lipinski definition) is 7. The molecule has 0 fully saturated rings. The number of anilines is 1. The highest BCUT2D eigenvalue weighted by Crippen LogP contribution is 2.37. The Balaban J connectivity index is 1.69. The van der Waals surface area contributed by atoms with Gasteiger partial charge in [0.2, 0.25) is 5.91 Å². The quantitative estimate of drug-likeness (QED) is 0.119. The number of halogens is 2. The highest BCUT2D eigenvalue weighted by molar-refractivity contribution is 6.35. The highest BCUT2D eigenvalue weighted by atomic mass is 35.5. The van der Waals surface area contributed by atoms with Crippen LogP contribution in [0.3, 0.4) is 0 Å². The minimum absolute atomic E-state index is 0.0614. The molecule has 11 heteroatoms. The van der Waals surface area contributed by atoms with Crippen molar-refractivity contribution >= 4 is 40.5 Å². The van der Waals surface area contributed by atoms with Crippen LogP contribution in [0.15, 0.2) is 84.9 Å². The monoisotopic (exact) mass is 623 g/mol. The third-order valence-electron chi connectivity index (χ3n) is 6.90. The van der Waals surface area contributed by atoms with Gasteiger partial charge in [0.15, 0.2) is 11.5 Å². The summed E-state index contributed by atoms with van der Waals surface area (Å²) in [6.45, 7) is 0.344. The molecule has 0 aliphatic heterocycles. The lowest BCUT2D eigenvalue weighted by Crippen LogP contribution is -2.36. The summed E-state index contributed by atoms with van der Waals surface area (Å²) in [5.41, 5.74) is 2.83. The van der Waals surface area contributed by atoms with Crippen molar-refractivity contribution in [3.8, 4) is 17.2 Å². The molecule has 0 aliphatic carbocycles. The predicted molar refractivity (Wildman–Crippen MR) is 168 cm³/mol. The van der Waals surface area contributed by atoms with Crippen LogP contribution in [-0.2, 0) is 11.2 Å². The van der Waals surface area contributed by atoms with Crippen molar-refractivity contribution in [3.63, 3.8) is 0 Å². The molecule has 0 heterocycles. The Morgan fingerprint density at radius 3 is 2.02 bits per heavy atom. The first-order valence-corrected chi connectivity index (χ1v) is 14.1. The topological polar surface area (TPSA) is 112 Å². The summed E-state index contributed by atoms with van der Waals surface area (Å²) in [7, 11) is 4.71. The number of nitrogens with zero attached hydrogens (tertiary/aromatic N) is 1. The van der Waals surface area contributed by atoms with E-state index in [2.05, 4.69) is 10.6 Å². The second kappa shape index (κ2) is 14.6. The molecule has 0 bridgehead atoms. The van der Waals surface area contributed by atoms with Crippen molar-refractivity contribution in [2.24, 2.45) is 0 Å². The van der Waals surface area contributed by atoms with E-state index in [1.165, 1.54) is 12.1 Å². The molecular weight excluding hydrogens is 593 g/mol. The molecule has 1 amide bonds. The molecule has 4 rings (SSSR count). The zero-order valence-corrected chi connectivity index (χ0v) is 25.3. The van der Waals surface area contributed by atoms with Crippen molar-refractivity contribution < 1.29 is 23.9 Å². The third-order valence-corrected chi connectivity index (χ3v) is 7.34. The van der Waals surface area contributed by atoms with Gasteiger partial charge in [-0.15, -0.1) is 0 Å². The zero-order valence-electron chi connectivity index (χ0n) is 23.8. The van der Waals surface area contributed by atoms with E-state index in [1.54, 1.807) is 63.8 Å². The van der Waals surface area contributed by atoms with Crippen LogP contribution < -0.4 is 24.8 Å². The fourth-order valence-electron chi connectivity index (χ4n) is 4.76. The molecule has 43 heavy (non-hydrogen) atoms. The van der Waals surface area contributed by atoms with Crippen LogP contribution >= 0.6 is 23.2 Å². The van der Waals surface area contributed by atoms with Gasteiger partial charge < -0.3 is 24.8 Å². The van der Waals surface area contributed by atoms with Crippen LogP contribution in [0.4, 0.5) is 11.4 Å². The van der Waals surface area contributed by atoms with Gasteiger partial charge in [-0.05, 0) is 65.6 Å². The van der Waals surface area contributed by atoms with Gasteiger partial charge in [-0.3, -0.25) is 14.9 Å². The van der Waals surface area contributed by atoms with Crippen molar-refractivity contribution in [1.82, 2.24) is 5.32 Å². The van der Waals surface area contributed by atoms with Gasteiger partial charge in [0.25, 0.3) is 5.69 Å². The SMILES string of the molecule is COc1ccc([C@@H](C(=O)NCCc2ccc(OC)c(OC)c2)[C@H](Nc2cc(Cl)cc(Cl)c2)c2ccc([N+](=O)[O-])cc2)cc1. The summed E-state index contributed by atoms with van der Waals surface area (Å²) in [6, 6.07) is 23.2. The fourth-order valence-corrected chi connectivity index (χ4v) is 5.29. The van der Waals surface area contributed by atoms with Crippen molar-refractivity contribution in [2.45, 2.75) is 18.4 Å². The number of ether oxygens (including phenoxy) is 3. The number of nitro benzene ring substituents is 1. The number of carbonyl (C=O) groups excluding carboxylic acids is 1. The number of rotatable bonds is 13. The van der Waals surface area contributed by atoms with Gasteiger partial charge in [-0.25, -0.2) is 0 Å². The summed E-state index contributed by atoms with van der Waals surface area (Å²) in [5.74, 6) is 0.834. The average Bonchev–Trinajstić information content (AvgIpc) is 3.00. The Labute approximate surface area is 259 Å². The number of hydrogen-bond donors (Lipinski definition) is 2. The van der Waals surface area contributed by atoms with E-state index in [9.17, 15) is 14.9 Å². The normalized spacial score (nSPS) is 12.1. The molecule has 0 radical (unpaired) electrons. The van der Waals surface area contributed by atoms with Gasteiger partial charge >= 0.3 is 0 Å². The molecule has 0 aliphatic rings. The molecule has 4 aromatic carbocycles. The average molecular weight is 625 g/mol. The Hall–Kier alpha value is -4.47. The van der Waals surface area contributed by atoms with Crippen LogP contribution in [0.2, 0.25) is 10.0 Å². The van der Waals surface area contributed by atoms with Crippen molar-refractivity contribution in [1.29, 1.82) is 0 Å². The van der Waals surface area contributed by atoms with E-state index in [4.69, 9.17) is 37.4 Å². The van der Waals surface area contributed by atoms with E-state index < -0.39 is 16.9 Å². The second-order valence-corrected chi connectivity index (χ2v) is 10.5. The molecule has 0 saturated heterocycles. The van der Waals surface area contributed by atoms with Crippen LogP contribution in [0, 0.1) is 10.1 Å². The minimum Gasteiger partial charge on any atom is -0.497 e. The molecule has 224 valence electrons. The van der Waals surface area contributed by atoms with E-state index in [1.807, 2.05) is 30.3 Å². The minimum atomic E-state index is -0.768. The summed E-state index contributed by atoms with van der Waals surface area (Å²) in [4.78, 5) is 24.9. The lowest BCUT2D eigenvalue weighted by Gasteiger charge is -2.29. The Morgan fingerprint density at radius 1 is 0.814 bits per heavy atom. The zero-order chi connectivity index (χ0) is 30.9. The lowest BCUT2D eigenvalue weighted by atomic mass is 9.85. The molecule has 0 aromatic heterocycles. The van der Waals surface area contributed by atoms with Gasteiger partial charge in [0.05, 0.1) is 38.2 Å². The molecule has 0 saturated carbocycles. The van der Waals surface area contributed by atoms with Crippen LogP contribution in [0.1, 0.15) is 28.7 Å². The number of amides is 1. The van der Waals surface area contributed by atoms with E-state index in [0.29, 0.717) is 57.1 Å². The molecule has 2 atom stereocenters. The Kier molecular flexibility index (Phi) is 10.7. The number of methoxy groups -OCH3 is 3. The van der Waals surface area contributed by atoms with Gasteiger partial charge in [-0.1, -0.05) is 53.5 Å².